The predicted octanol–water partition coefficient (Wildman–Crippen LogP) is -0.294. The topological polar surface area (TPSA) is 89.7 Å². The molecule has 0 aromatic rings. The highest BCUT2D eigenvalue weighted by molar-refractivity contribution is 5.84. The van der Waals surface area contributed by atoms with E-state index in [0.717, 1.165) is 0 Å². The first kappa shape index (κ1) is 14.6. The van der Waals surface area contributed by atoms with Gasteiger partial charge in [0.05, 0.1) is 25.5 Å². The maximum atomic E-state index is 11.6. The minimum atomic E-state index is -0.345. The van der Waals surface area contributed by atoms with Crippen molar-refractivity contribution in [2.75, 3.05) is 26.2 Å². The molecule has 0 aliphatic carbocycles. The smallest absolute Gasteiger partial charge is 0.306 e. The lowest BCUT2D eigenvalue weighted by Gasteiger charge is -2.13. The average molecular weight is 256 g/mol. The van der Waals surface area contributed by atoms with E-state index in [1.165, 1.54) is 0 Å². The number of primary amides is 1. The summed E-state index contributed by atoms with van der Waals surface area (Å²) in [6, 6.07) is 0. The second kappa shape index (κ2) is 7.10. The van der Waals surface area contributed by atoms with E-state index < -0.39 is 0 Å². The number of amides is 1. The van der Waals surface area contributed by atoms with Crippen LogP contribution < -0.4 is 5.73 Å². The lowest BCUT2D eigenvalue weighted by Crippen LogP contribution is -2.31. The van der Waals surface area contributed by atoms with Gasteiger partial charge in [-0.05, 0) is 19.9 Å². The van der Waals surface area contributed by atoms with Gasteiger partial charge in [0.2, 0.25) is 5.91 Å². The molecule has 1 amide bonds. The van der Waals surface area contributed by atoms with Crippen molar-refractivity contribution in [1.82, 2.24) is 4.90 Å². The standard InChI is InChI=1S/C12H20N2O4/c1-2-18-11(16)4-3-10(15)8-14-6-5-9(7-14)12(13)17/h9H,2-8H2,1H3,(H2,13,17). The van der Waals surface area contributed by atoms with Crippen LogP contribution in [0.5, 0.6) is 0 Å². The summed E-state index contributed by atoms with van der Waals surface area (Å²) in [6.07, 6.45) is 1.02. The molecule has 1 rings (SSSR count). The predicted molar refractivity (Wildman–Crippen MR) is 64.6 cm³/mol. The molecule has 1 unspecified atom stereocenters. The van der Waals surface area contributed by atoms with Gasteiger partial charge in [0.25, 0.3) is 0 Å². The molecule has 0 aromatic heterocycles. The second-order valence-corrected chi connectivity index (χ2v) is 4.47. The molecule has 1 saturated heterocycles. The van der Waals surface area contributed by atoms with E-state index in [1.54, 1.807) is 6.92 Å². The third-order valence-corrected chi connectivity index (χ3v) is 2.99. The van der Waals surface area contributed by atoms with Crippen molar-refractivity contribution in [2.45, 2.75) is 26.2 Å². The third kappa shape index (κ3) is 4.83. The van der Waals surface area contributed by atoms with Crippen LogP contribution in [0.25, 0.3) is 0 Å². The zero-order valence-corrected chi connectivity index (χ0v) is 10.7. The maximum Gasteiger partial charge on any atom is 0.306 e. The number of nitrogens with two attached hydrogens (primary N) is 1. The van der Waals surface area contributed by atoms with Crippen LogP contribution in [0.3, 0.4) is 0 Å². The Hall–Kier alpha value is -1.43. The van der Waals surface area contributed by atoms with Gasteiger partial charge in [0.1, 0.15) is 5.78 Å². The first-order valence-corrected chi connectivity index (χ1v) is 6.22. The Kier molecular flexibility index (Phi) is 5.77. The fourth-order valence-corrected chi connectivity index (χ4v) is 2.01. The van der Waals surface area contributed by atoms with E-state index in [1.807, 2.05) is 4.90 Å². The molecule has 18 heavy (non-hydrogen) atoms. The Morgan fingerprint density at radius 1 is 1.33 bits per heavy atom. The lowest BCUT2D eigenvalue weighted by molar-refractivity contribution is -0.144. The number of Topliss-reactive ketones (excluding diaryl/α,β-unsaturated/α-hetero) is 1. The molecule has 0 aromatic carbocycles. The van der Waals surface area contributed by atoms with Crippen LogP contribution in [0.15, 0.2) is 0 Å². The van der Waals surface area contributed by atoms with Gasteiger partial charge in [-0.2, -0.15) is 0 Å². The summed E-state index contributed by atoms with van der Waals surface area (Å²) in [6.45, 7) is 3.59. The first-order chi connectivity index (χ1) is 8.52. The number of carbonyl (C=O) groups is 3. The van der Waals surface area contributed by atoms with Crippen molar-refractivity contribution in [1.29, 1.82) is 0 Å². The van der Waals surface area contributed by atoms with Crippen LogP contribution in [0.1, 0.15) is 26.2 Å². The summed E-state index contributed by atoms with van der Waals surface area (Å²) >= 11 is 0. The number of rotatable bonds is 7. The van der Waals surface area contributed by atoms with E-state index in [0.29, 0.717) is 26.1 Å². The maximum absolute atomic E-state index is 11.6. The fourth-order valence-electron chi connectivity index (χ4n) is 2.01. The van der Waals surface area contributed by atoms with Crippen molar-refractivity contribution in [3.63, 3.8) is 0 Å². The van der Waals surface area contributed by atoms with E-state index in [9.17, 15) is 14.4 Å². The van der Waals surface area contributed by atoms with E-state index in [-0.39, 0.29) is 43.0 Å². The van der Waals surface area contributed by atoms with Crippen LogP contribution in [-0.2, 0) is 19.1 Å². The van der Waals surface area contributed by atoms with Crippen LogP contribution in [0, 0.1) is 5.92 Å². The largest absolute Gasteiger partial charge is 0.466 e. The molecule has 0 radical (unpaired) electrons. The molecular formula is C12H20N2O4. The molecule has 6 heteroatoms. The zero-order chi connectivity index (χ0) is 13.5. The summed E-state index contributed by atoms with van der Waals surface area (Å²) in [7, 11) is 0. The number of nitrogens with zero attached hydrogens (tertiary/aromatic N) is 1. The molecule has 1 fully saturated rings. The van der Waals surface area contributed by atoms with Gasteiger partial charge in [-0.1, -0.05) is 0 Å². The summed E-state index contributed by atoms with van der Waals surface area (Å²) in [5, 5.41) is 0. The summed E-state index contributed by atoms with van der Waals surface area (Å²) in [5.74, 6) is -0.810. The number of hydrogen-bond donors (Lipinski definition) is 1. The van der Waals surface area contributed by atoms with Gasteiger partial charge in [0, 0.05) is 13.0 Å². The van der Waals surface area contributed by atoms with Gasteiger partial charge < -0.3 is 10.5 Å². The van der Waals surface area contributed by atoms with Crippen molar-refractivity contribution >= 4 is 17.7 Å². The van der Waals surface area contributed by atoms with Crippen molar-refractivity contribution in [2.24, 2.45) is 11.7 Å². The number of ketones is 1. The molecule has 1 atom stereocenters. The summed E-state index contributed by atoms with van der Waals surface area (Å²) < 4.78 is 4.74. The third-order valence-electron chi connectivity index (χ3n) is 2.99. The SMILES string of the molecule is CCOC(=O)CCC(=O)CN1CCC(C(N)=O)C1. The molecule has 0 saturated carbocycles. The molecule has 0 bridgehead atoms. The molecule has 1 heterocycles. The van der Waals surface area contributed by atoms with E-state index in [4.69, 9.17) is 10.5 Å². The minimum Gasteiger partial charge on any atom is -0.466 e. The first-order valence-electron chi connectivity index (χ1n) is 6.22. The number of hydrogen-bond acceptors (Lipinski definition) is 5. The number of carbonyl (C=O) groups excluding carboxylic acids is 3. The molecule has 102 valence electrons. The molecule has 1 aliphatic heterocycles. The molecule has 6 nitrogen and oxygen atoms in total. The van der Waals surface area contributed by atoms with Gasteiger partial charge in [-0.3, -0.25) is 19.3 Å². The highest BCUT2D eigenvalue weighted by Gasteiger charge is 2.27. The average Bonchev–Trinajstić information content (AvgIpc) is 2.75. The summed E-state index contributed by atoms with van der Waals surface area (Å²) in [5.41, 5.74) is 5.21. The van der Waals surface area contributed by atoms with Gasteiger partial charge in [0.15, 0.2) is 0 Å². The number of likely N-dealkylation sites (tertiary alicyclic amines) is 1. The normalized spacial score (nSPS) is 19.7. The molecule has 0 spiro atoms. The van der Waals surface area contributed by atoms with Crippen molar-refractivity contribution in [3.8, 4) is 0 Å². The number of esters is 1. The Labute approximate surface area is 106 Å². The molecule has 2 N–H and O–H groups in total. The van der Waals surface area contributed by atoms with Crippen molar-refractivity contribution < 1.29 is 19.1 Å². The Morgan fingerprint density at radius 3 is 2.61 bits per heavy atom. The number of ether oxygens (including phenoxy) is 1. The van der Waals surface area contributed by atoms with Gasteiger partial charge in [-0.15, -0.1) is 0 Å². The molecule has 1 aliphatic rings. The van der Waals surface area contributed by atoms with Crippen LogP contribution in [-0.4, -0.2) is 48.8 Å². The molecular weight excluding hydrogens is 236 g/mol. The van der Waals surface area contributed by atoms with E-state index in [2.05, 4.69) is 0 Å². The fraction of sp³-hybridized carbons (Fsp3) is 0.750. The Morgan fingerprint density at radius 2 is 2.06 bits per heavy atom. The quantitative estimate of drug-likeness (QED) is 0.632. The minimum absolute atomic E-state index is 0.00632. The van der Waals surface area contributed by atoms with E-state index >= 15 is 0 Å². The monoisotopic (exact) mass is 256 g/mol. The lowest BCUT2D eigenvalue weighted by atomic mass is 10.1. The highest BCUT2D eigenvalue weighted by atomic mass is 16.5. The zero-order valence-electron chi connectivity index (χ0n) is 10.7. The summed E-state index contributed by atoms with van der Waals surface area (Å²) in [4.78, 5) is 35.6. The second-order valence-electron chi connectivity index (χ2n) is 4.47. The van der Waals surface area contributed by atoms with Crippen LogP contribution in [0.4, 0.5) is 0 Å². The highest BCUT2D eigenvalue weighted by Crippen LogP contribution is 2.15. The van der Waals surface area contributed by atoms with Crippen LogP contribution in [0.2, 0.25) is 0 Å². The van der Waals surface area contributed by atoms with Gasteiger partial charge >= 0.3 is 5.97 Å². The van der Waals surface area contributed by atoms with Crippen LogP contribution >= 0.6 is 0 Å². The van der Waals surface area contributed by atoms with Crippen molar-refractivity contribution in [3.05, 3.63) is 0 Å². The Bertz CT molecular complexity index is 330. The van der Waals surface area contributed by atoms with Gasteiger partial charge in [-0.25, -0.2) is 0 Å². The Balaban J connectivity index is 2.21.